The highest BCUT2D eigenvalue weighted by Gasteiger charge is 2.22. The van der Waals surface area contributed by atoms with Crippen LogP contribution < -0.4 is 4.84 Å². The van der Waals surface area contributed by atoms with Crippen LogP contribution in [-0.4, -0.2) is 29.3 Å². The molecule has 2 heterocycles. The van der Waals surface area contributed by atoms with Crippen molar-refractivity contribution in [2.75, 3.05) is 13.6 Å². The topological polar surface area (TPSA) is 17.4 Å². The van der Waals surface area contributed by atoms with Gasteiger partial charge in [0.15, 0.2) is 0 Å². The van der Waals surface area contributed by atoms with Crippen LogP contribution in [0.15, 0.2) is 60.8 Å². The second-order valence-corrected chi connectivity index (χ2v) is 6.74. The molecule has 1 fully saturated rings. The first-order chi connectivity index (χ1) is 11.8. The Morgan fingerprint density at radius 2 is 1.83 bits per heavy atom. The number of hydrogen-bond donors (Lipinski definition) is 0. The van der Waals surface area contributed by atoms with Crippen LogP contribution in [0.25, 0.3) is 10.9 Å². The van der Waals surface area contributed by atoms with Crippen LogP contribution >= 0.6 is 0 Å². The fourth-order valence-electron chi connectivity index (χ4n) is 3.70. The van der Waals surface area contributed by atoms with E-state index in [4.69, 9.17) is 4.84 Å². The van der Waals surface area contributed by atoms with Gasteiger partial charge in [-0.25, -0.2) is 0 Å². The Morgan fingerprint density at radius 3 is 2.62 bits per heavy atom. The molecule has 1 aromatic heterocycles. The molecular formula is C21H24N2O. The van der Waals surface area contributed by atoms with Gasteiger partial charge in [0.2, 0.25) is 0 Å². The summed E-state index contributed by atoms with van der Waals surface area (Å²) in [7, 11) is 2.24. The van der Waals surface area contributed by atoms with E-state index >= 15 is 0 Å². The zero-order valence-electron chi connectivity index (χ0n) is 14.2. The molecule has 1 unspecified atom stereocenters. The third-order valence-electron chi connectivity index (χ3n) is 5.10. The Morgan fingerprint density at radius 1 is 1.04 bits per heavy atom. The van der Waals surface area contributed by atoms with Gasteiger partial charge in [-0.2, -0.15) is 4.73 Å². The van der Waals surface area contributed by atoms with Crippen LogP contribution in [0, 0.1) is 0 Å². The SMILES string of the molecule is CN1CCCC1Cc1cn(OCc2ccccc2)c2ccccc12. The minimum atomic E-state index is 0.586. The van der Waals surface area contributed by atoms with Crippen molar-refractivity contribution < 1.29 is 4.84 Å². The molecule has 0 amide bonds. The maximum atomic E-state index is 6.08. The number of aromatic nitrogens is 1. The summed E-state index contributed by atoms with van der Waals surface area (Å²) in [6, 6.07) is 19.5. The third-order valence-corrected chi connectivity index (χ3v) is 5.10. The summed E-state index contributed by atoms with van der Waals surface area (Å²) < 4.78 is 1.95. The van der Waals surface area contributed by atoms with Gasteiger partial charge in [0.25, 0.3) is 0 Å². The van der Waals surface area contributed by atoms with Gasteiger partial charge in [-0.05, 0) is 50.0 Å². The Hall–Kier alpha value is -2.26. The monoisotopic (exact) mass is 320 g/mol. The van der Waals surface area contributed by atoms with Crippen molar-refractivity contribution in [2.24, 2.45) is 0 Å². The average molecular weight is 320 g/mol. The van der Waals surface area contributed by atoms with Crippen LogP contribution in [0.4, 0.5) is 0 Å². The summed E-state index contributed by atoms with van der Waals surface area (Å²) >= 11 is 0. The van der Waals surface area contributed by atoms with Crippen LogP contribution in [0.3, 0.4) is 0 Å². The summed E-state index contributed by atoms with van der Waals surface area (Å²) in [4.78, 5) is 8.56. The van der Waals surface area contributed by atoms with Crippen LogP contribution in [-0.2, 0) is 13.0 Å². The predicted molar refractivity (Wildman–Crippen MR) is 98.0 cm³/mol. The van der Waals surface area contributed by atoms with Gasteiger partial charge in [-0.1, -0.05) is 48.5 Å². The number of likely N-dealkylation sites (tertiary alicyclic amines) is 1. The van der Waals surface area contributed by atoms with E-state index in [2.05, 4.69) is 54.5 Å². The molecule has 24 heavy (non-hydrogen) atoms. The van der Waals surface area contributed by atoms with Crippen LogP contribution in [0.5, 0.6) is 0 Å². The lowest BCUT2D eigenvalue weighted by molar-refractivity contribution is 0.107. The van der Waals surface area contributed by atoms with Crippen molar-refractivity contribution in [3.05, 3.63) is 71.9 Å². The lowest BCUT2D eigenvalue weighted by atomic mass is 10.0. The minimum absolute atomic E-state index is 0.586. The fraction of sp³-hybridized carbons (Fsp3) is 0.333. The number of fused-ring (bicyclic) bond motifs is 1. The lowest BCUT2D eigenvalue weighted by Crippen LogP contribution is -2.26. The van der Waals surface area contributed by atoms with Gasteiger partial charge in [0.05, 0.1) is 5.52 Å². The van der Waals surface area contributed by atoms with E-state index in [9.17, 15) is 0 Å². The molecular weight excluding hydrogens is 296 g/mol. The van der Waals surface area contributed by atoms with Crippen molar-refractivity contribution in [1.82, 2.24) is 9.63 Å². The molecule has 1 atom stereocenters. The molecule has 0 N–H and O–H groups in total. The van der Waals surface area contributed by atoms with E-state index in [1.807, 2.05) is 22.9 Å². The van der Waals surface area contributed by atoms with Gasteiger partial charge >= 0.3 is 0 Å². The highest BCUT2D eigenvalue weighted by molar-refractivity contribution is 5.83. The van der Waals surface area contributed by atoms with Gasteiger partial charge in [-0.15, -0.1) is 0 Å². The Kier molecular flexibility index (Phi) is 4.26. The number of hydrogen-bond acceptors (Lipinski definition) is 2. The summed E-state index contributed by atoms with van der Waals surface area (Å²) in [5.41, 5.74) is 3.73. The van der Waals surface area contributed by atoms with Crippen molar-refractivity contribution in [2.45, 2.75) is 31.9 Å². The Labute approximate surface area is 143 Å². The molecule has 0 spiro atoms. The maximum absolute atomic E-state index is 6.08. The fourth-order valence-corrected chi connectivity index (χ4v) is 3.70. The first kappa shape index (κ1) is 15.3. The molecule has 1 aliphatic heterocycles. The van der Waals surface area contributed by atoms with E-state index in [0.29, 0.717) is 12.6 Å². The molecule has 3 heteroatoms. The molecule has 3 aromatic rings. The quantitative estimate of drug-likeness (QED) is 0.709. The van der Waals surface area contributed by atoms with Crippen LogP contribution in [0.1, 0.15) is 24.0 Å². The smallest absolute Gasteiger partial charge is 0.140 e. The Bertz CT molecular complexity index is 809. The molecule has 3 nitrogen and oxygen atoms in total. The molecule has 124 valence electrons. The van der Waals surface area contributed by atoms with E-state index < -0.39 is 0 Å². The molecule has 0 saturated carbocycles. The minimum Gasteiger partial charge on any atom is -0.409 e. The highest BCUT2D eigenvalue weighted by atomic mass is 16.7. The Balaban J connectivity index is 1.59. The van der Waals surface area contributed by atoms with Crippen molar-refractivity contribution in [1.29, 1.82) is 0 Å². The average Bonchev–Trinajstić information content (AvgIpc) is 3.19. The van der Waals surface area contributed by atoms with Crippen molar-refractivity contribution in [3.8, 4) is 0 Å². The molecule has 2 aromatic carbocycles. The number of nitrogens with zero attached hydrogens (tertiary/aromatic N) is 2. The highest BCUT2D eigenvalue weighted by Crippen LogP contribution is 2.26. The van der Waals surface area contributed by atoms with Crippen molar-refractivity contribution in [3.63, 3.8) is 0 Å². The number of para-hydroxylation sites is 1. The first-order valence-corrected chi connectivity index (χ1v) is 8.78. The molecule has 4 rings (SSSR count). The lowest BCUT2D eigenvalue weighted by Gasteiger charge is -2.18. The van der Waals surface area contributed by atoms with Crippen LogP contribution in [0.2, 0.25) is 0 Å². The van der Waals surface area contributed by atoms with Gasteiger partial charge in [0, 0.05) is 17.6 Å². The number of rotatable bonds is 5. The van der Waals surface area contributed by atoms with E-state index in [1.165, 1.54) is 35.9 Å². The van der Waals surface area contributed by atoms with Gasteiger partial charge in [0.1, 0.15) is 6.61 Å². The number of benzene rings is 2. The van der Waals surface area contributed by atoms with Crippen molar-refractivity contribution >= 4 is 10.9 Å². The largest absolute Gasteiger partial charge is 0.409 e. The van der Waals surface area contributed by atoms with E-state index in [1.54, 1.807) is 0 Å². The summed E-state index contributed by atoms with van der Waals surface area (Å²) in [6.45, 7) is 1.80. The molecule has 1 saturated heterocycles. The standard InChI is InChI=1S/C21H24N2O/c1-22-13-7-10-19(22)14-18-15-23(21-12-6-5-11-20(18)21)24-16-17-8-3-2-4-9-17/h2-6,8-9,11-12,15,19H,7,10,13-14,16H2,1H3. The maximum Gasteiger partial charge on any atom is 0.140 e. The van der Waals surface area contributed by atoms with E-state index in [0.717, 1.165) is 11.9 Å². The first-order valence-electron chi connectivity index (χ1n) is 8.78. The molecule has 0 bridgehead atoms. The molecule has 0 aliphatic carbocycles. The summed E-state index contributed by atoms with van der Waals surface area (Å²) in [5.74, 6) is 0. The second-order valence-electron chi connectivity index (χ2n) is 6.74. The van der Waals surface area contributed by atoms with E-state index in [-0.39, 0.29) is 0 Å². The normalized spacial score (nSPS) is 18.3. The van der Waals surface area contributed by atoms with Gasteiger partial charge < -0.3 is 9.74 Å². The summed E-state index contributed by atoms with van der Waals surface area (Å²) in [6.07, 6.45) is 5.88. The third kappa shape index (κ3) is 3.04. The number of likely N-dealkylation sites (N-methyl/N-ethyl adjacent to an activating group) is 1. The predicted octanol–water partition coefficient (Wildman–Crippen LogP) is 3.91. The van der Waals surface area contributed by atoms with Gasteiger partial charge in [-0.3, -0.25) is 0 Å². The molecule has 0 radical (unpaired) electrons. The molecule has 1 aliphatic rings. The zero-order valence-corrected chi connectivity index (χ0v) is 14.2. The second kappa shape index (κ2) is 6.70. The summed E-state index contributed by atoms with van der Waals surface area (Å²) in [5, 5.41) is 1.31. The zero-order chi connectivity index (χ0) is 16.4.